The number of carbonyl (C=O) groups excluding carboxylic acids is 1. The summed E-state index contributed by atoms with van der Waals surface area (Å²) in [6, 6.07) is 9.92. The van der Waals surface area contributed by atoms with Crippen LogP contribution in [0.25, 0.3) is 0 Å². The average molecular weight is 297 g/mol. The zero-order chi connectivity index (χ0) is 15.8. The molecule has 0 saturated carbocycles. The number of benzene rings is 1. The third-order valence-corrected chi connectivity index (χ3v) is 3.93. The molecule has 1 heterocycles. The molecule has 0 radical (unpaired) electrons. The second kappa shape index (κ2) is 8.29. The number of amides is 1. The van der Waals surface area contributed by atoms with E-state index >= 15 is 0 Å². The molecular weight excluding hydrogens is 274 g/mol. The van der Waals surface area contributed by atoms with Gasteiger partial charge in [0.25, 0.3) is 0 Å². The molecule has 1 saturated heterocycles. The van der Waals surface area contributed by atoms with E-state index < -0.39 is 0 Å². The van der Waals surface area contributed by atoms with Crippen LogP contribution in [0.1, 0.15) is 38.2 Å². The average Bonchev–Trinajstić information content (AvgIpc) is 2.95. The standard InChI is InChI=1S/C19H23NO2/c1-3-5-12-18-14-13-17(9-4-2)20(18)19(21)22-15-16-10-7-6-8-11-16/h3,6-8,10-11,17-18H,1,5,12-15H2,2H3/t17-,18+/m1/s1. The molecule has 2 atom stereocenters. The summed E-state index contributed by atoms with van der Waals surface area (Å²) < 4.78 is 5.49. The van der Waals surface area contributed by atoms with E-state index in [1.54, 1.807) is 0 Å². The largest absolute Gasteiger partial charge is 0.445 e. The fraction of sp³-hybridized carbons (Fsp3) is 0.421. The van der Waals surface area contributed by atoms with Gasteiger partial charge >= 0.3 is 6.09 Å². The van der Waals surface area contributed by atoms with Crippen molar-refractivity contribution in [3.05, 3.63) is 48.6 Å². The highest BCUT2D eigenvalue weighted by molar-refractivity contribution is 5.69. The quantitative estimate of drug-likeness (QED) is 0.603. The van der Waals surface area contributed by atoms with Gasteiger partial charge in [0, 0.05) is 6.04 Å². The Balaban J connectivity index is 2.00. The van der Waals surface area contributed by atoms with E-state index in [4.69, 9.17) is 4.74 Å². The highest BCUT2D eigenvalue weighted by atomic mass is 16.6. The molecule has 116 valence electrons. The van der Waals surface area contributed by atoms with Crippen LogP contribution in [0.5, 0.6) is 0 Å². The molecule has 3 nitrogen and oxygen atoms in total. The van der Waals surface area contributed by atoms with Crippen molar-refractivity contribution in [3.63, 3.8) is 0 Å². The second-order valence-electron chi connectivity index (χ2n) is 5.45. The Morgan fingerprint density at radius 1 is 1.41 bits per heavy atom. The highest BCUT2D eigenvalue weighted by Gasteiger charge is 2.36. The lowest BCUT2D eigenvalue weighted by atomic mass is 10.1. The maximum absolute atomic E-state index is 12.5. The lowest BCUT2D eigenvalue weighted by molar-refractivity contribution is 0.0841. The minimum Gasteiger partial charge on any atom is -0.445 e. The van der Waals surface area contributed by atoms with E-state index in [1.165, 1.54) is 0 Å². The van der Waals surface area contributed by atoms with E-state index in [1.807, 2.05) is 48.2 Å². The molecule has 0 unspecified atom stereocenters. The zero-order valence-corrected chi connectivity index (χ0v) is 13.1. The van der Waals surface area contributed by atoms with Crippen molar-refractivity contribution in [1.82, 2.24) is 4.90 Å². The van der Waals surface area contributed by atoms with Crippen molar-refractivity contribution in [2.75, 3.05) is 0 Å². The number of likely N-dealkylation sites (tertiary alicyclic amines) is 1. The summed E-state index contributed by atoms with van der Waals surface area (Å²) in [6.45, 7) is 5.87. The first-order valence-corrected chi connectivity index (χ1v) is 7.78. The number of allylic oxidation sites excluding steroid dienone is 1. The predicted molar refractivity (Wildman–Crippen MR) is 88.2 cm³/mol. The van der Waals surface area contributed by atoms with Crippen LogP contribution in [0.3, 0.4) is 0 Å². The molecule has 1 amide bonds. The van der Waals surface area contributed by atoms with E-state index in [9.17, 15) is 4.79 Å². The highest BCUT2D eigenvalue weighted by Crippen LogP contribution is 2.28. The van der Waals surface area contributed by atoms with E-state index in [0.29, 0.717) is 6.61 Å². The van der Waals surface area contributed by atoms with Crippen LogP contribution < -0.4 is 0 Å². The van der Waals surface area contributed by atoms with Gasteiger partial charge in [-0.1, -0.05) is 42.3 Å². The number of ether oxygens (including phenoxy) is 1. The Kier molecular flexibility index (Phi) is 6.09. The molecule has 0 spiro atoms. The Morgan fingerprint density at radius 2 is 2.18 bits per heavy atom. The van der Waals surface area contributed by atoms with Gasteiger partial charge in [-0.15, -0.1) is 12.5 Å². The summed E-state index contributed by atoms with van der Waals surface area (Å²) in [4.78, 5) is 14.3. The van der Waals surface area contributed by atoms with Crippen molar-refractivity contribution in [2.45, 2.75) is 51.3 Å². The van der Waals surface area contributed by atoms with Crippen LogP contribution in [0, 0.1) is 11.8 Å². The van der Waals surface area contributed by atoms with Crippen LogP contribution in [0.15, 0.2) is 43.0 Å². The molecule has 1 aromatic rings. The van der Waals surface area contributed by atoms with Gasteiger partial charge in [-0.25, -0.2) is 4.79 Å². The fourth-order valence-electron chi connectivity index (χ4n) is 2.86. The van der Waals surface area contributed by atoms with Crippen LogP contribution >= 0.6 is 0 Å². The summed E-state index contributed by atoms with van der Waals surface area (Å²) >= 11 is 0. The molecule has 1 aliphatic heterocycles. The first-order chi connectivity index (χ1) is 10.8. The minimum atomic E-state index is -0.261. The lowest BCUT2D eigenvalue weighted by Crippen LogP contribution is -2.41. The number of rotatable bonds is 5. The van der Waals surface area contributed by atoms with Crippen molar-refractivity contribution < 1.29 is 9.53 Å². The molecule has 1 aromatic carbocycles. The Morgan fingerprint density at radius 3 is 2.86 bits per heavy atom. The first-order valence-electron chi connectivity index (χ1n) is 7.78. The normalized spacial score (nSPS) is 20.1. The van der Waals surface area contributed by atoms with Crippen LogP contribution in [0.4, 0.5) is 4.79 Å². The zero-order valence-electron chi connectivity index (χ0n) is 13.1. The number of carbonyl (C=O) groups is 1. The molecule has 2 rings (SSSR count). The minimum absolute atomic E-state index is 0.0249. The summed E-state index contributed by atoms with van der Waals surface area (Å²) in [5.74, 6) is 6.05. The molecule has 0 aliphatic carbocycles. The van der Waals surface area contributed by atoms with Gasteiger partial charge < -0.3 is 4.74 Å². The van der Waals surface area contributed by atoms with Crippen molar-refractivity contribution in [2.24, 2.45) is 0 Å². The van der Waals surface area contributed by atoms with E-state index in [-0.39, 0.29) is 18.2 Å². The van der Waals surface area contributed by atoms with Crippen molar-refractivity contribution in [3.8, 4) is 11.8 Å². The molecule has 0 bridgehead atoms. The summed E-state index contributed by atoms with van der Waals surface area (Å²) in [5, 5.41) is 0. The van der Waals surface area contributed by atoms with Gasteiger partial charge in [0.15, 0.2) is 0 Å². The number of hydrogen-bond acceptors (Lipinski definition) is 2. The van der Waals surface area contributed by atoms with E-state index in [2.05, 4.69) is 18.4 Å². The van der Waals surface area contributed by atoms with Gasteiger partial charge in [0.05, 0.1) is 6.04 Å². The summed E-state index contributed by atoms with van der Waals surface area (Å²) in [7, 11) is 0. The molecule has 1 aliphatic rings. The van der Waals surface area contributed by atoms with Gasteiger partial charge in [0.2, 0.25) is 0 Å². The SMILES string of the molecule is C=CCC[C@H]1CC[C@@H](C#CC)N1C(=O)OCc1ccccc1. The predicted octanol–water partition coefficient (Wildman–Crippen LogP) is 4.15. The van der Waals surface area contributed by atoms with Gasteiger partial charge in [0.1, 0.15) is 6.61 Å². The van der Waals surface area contributed by atoms with Crippen molar-refractivity contribution in [1.29, 1.82) is 0 Å². The smallest absolute Gasteiger partial charge is 0.411 e. The molecular formula is C19H23NO2. The first kappa shape index (κ1) is 16.2. The summed E-state index contributed by atoms with van der Waals surface area (Å²) in [6.07, 6.45) is 5.36. The monoisotopic (exact) mass is 297 g/mol. The van der Waals surface area contributed by atoms with E-state index in [0.717, 1.165) is 31.2 Å². The Hall–Kier alpha value is -2.21. The van der Waals surface area contributed by atoms with Gasteiger partial charge in [-0.3, -0.25) is 4.90 Å². The maximum atomic E-state index is 12.5. The fourth-order valence-corrected chi connectivity index (χ4v) is 2.86. The third kappa shape index (κ3) is 4.14. The topological polar surface area (TPSA) is 29.5 Å². The van der Waals surface area contributed by atoms with Crippen LogP contribution in [-0.2, 0) is 11.3 Å². The number of hydrogen-bond donors (Lipinski definition) is 0. The molecule has 0 aromatic heterocycles. The Labute approximate surface area is 133 Å². The molecule has 22 heavy (non-hydrogen) atoms. The molecule has 1 fully saturated rings. The lowest BCUT2D eigenvalue weighted by Gasteiger charge is -2.27. The molecule has 0 N–H and O–H groups in total. The maximum Gasteiger partial charge on any atom is 0.411 e. The van der Waals surface area contributed by atoms with Crippen LogP contribution in [-0.4, -0.2) is 23.1 Å². The number of nitrogens with zero attached hydrogens (tertiary/aromatic N) is 1. The van der Waals surface area contributed by atoms with Crippen LogP contribution in [0.2, 0.25) is 0 Å². The third-order valence-electron chi connectivity index (χ3n) is 3.93. The Bertz CT molecular complexity index is 556. The van der Waals surface area contributed by atoms with Crippen molar-refractivity contribution >= 4 is 6.09 Å². The van der Waals surface area contributed by atoms with Gasteiger partial charge in [-0.05, 0) is 38.2 Å². The molecule has 3 heteroatoms. The van der Waals surface area contributed by atoms with Gasteiger partial charge in [-0.2, -0.15) is 0 Å². The summed E-state index contributed by atoms with van der Waals surface area (Å²) in [5.41, 5.74) is 0.996. The second-order valence-corrected chi connectivity index (χ2v) is 5.45.